The Kier molecular flexibility index (Phi) is 11.9. The molecule has 3 heterocycles. The van der Waals surface area contributed by atoms with Gasteiger partial charge < -0.3 is 18.6 Å². The van der Waals surface area contributed by atoms with E-state index in [1.807, 2.05) is 0 Å². The Balaban J connectivity index is 0.704. The second kappa shape index (κ2) is 20.7. The van der Waals surface area contributed by atoms with Gasteiger partial charge in [0.1, 0.15) is 0 Å². The zero-order valence-corrected chi connectivity index (χ0v) is 50.5. The van der Waals surface area contributed by atoms with Gasteiger partial charge in [0, 0.05) is 71.9 Å². The van der Waals surface area contributed by atoms with Crippen LogP contribution in [0.3, 0.4) is 0 Å². The second-order valence-electron chi connectivity index (χ2n) is 24.9. The van der Waals surface area contributed by atoms with E-state index in [9.17, 15) is 0 Å². The van der Waals surface area contributed by atoms with Gasteiger partial charge in [-0.2, -0.15) is 0 Å². The molecular formula is C87H60N4. The summed E-state index contributed by atoms with van der Waals surface area (Å²) >= 11 is 0. The number of hydrogen-bond acceptors (Lipinski definition) is 1. The predicted molar refractivity (Wildman–Crippen MR) is 383 cm³/mol. The number of fused-ring (bicyclic) bond motifs is 12. The van der Waals surface area contributed by atoms with E-state index < -0.39 is 0 Å². The quantitative estimate of drug-likeness (QED) is 0.133. The lowest BCUT2D eigenvalue weighted by atomic mass is 9.81. The molecule has 14 aromatic carbocycles. The molecule has 1 aliphatic rings. The fourth-order valence-corrected chi connectivity index (χ4v) is 15.0. The van der Waals surface area contributed by atoms with Gasteiger partial charge in [-0.1, -0.05) is 220 Å². The predicted octanol–water partition coefficient (Wildman–Crippen LogP) is 23.4. The Bertz CT molecular complexity index is 5690. The highest BCUT2D eigenvalue weighted by Gasteiger charge is 2.36. The van der Waals surface area contributed by atoms with E-state index in [1.165, 1.54) is 127 Å². The number of hydrogen-bond donors (Lipinski definition) is 0. The molecule has 0 saturated heterocycles. The average Bonchev–Trinajstić information content (AvgIpc) is 1.66. The molecule has 0 atom stereocenters. The summed E-state index contributed by atoms with van der Waals surface area (Å²) in [5.41, 5.74) is 28.4. The Morgan fingerprint density at radius 3 is 1.02 bits per heavy atom. The molecule has 428 valence electrons. The first-order chi connectivity index (χ1) is 44.9. The number of rotatable bonds is 10. The number of para-hydroxylation sites is 6. The van der Waals surface area contributed by atoms with E-state index >= 15 is 0 Å². The van der Waals surface area contributed by atoms with Crippen molar-refractivity contribution >= 4 is 82.5 Å². The lowest BCUT2D eigenvalue weighted by Gasteiger charge is -2.28. The van der Waals surface area contributed by atoms with Crippen LogP contribution in [-0.4, -0.2) is 13.7 Å². The normalized spacial score (nSPS) is 12.6. The van der Waals surface area contributed by atoms with Crippen LogP contribution in [0.4, 0.5) is 17.1 Å². The van der Waals surface area contributed by atoms with Gasteiger partial charge in [0.05, 0.1) is 33.1 Å². The number of aromatic nitrogens is 3. The third kappa shape index (κ3) is 8.44. The van der Waals surface area contributed by atoms with Crippen LogP contribution in [0.15, 0.2) is 328 Å². The van der Waals surface area contributed by atoms with Crippen LogP contribution in [0.5, 0.6) is 0 Å². The SMILES string of the molecule is CC1(C)c2cc(-c3ccc4c5ccccc5n(-c5ccccc5)c4c3)ccc2-c2ccc(N(c3ccc(-c4ccc(-c5ccc6c7ccccc7n(-c7ccccc7)c6c5)cc4)cc3)c3ccc(-c4ccc5c(c4)c4ccccc4n5-c4ccccc4)cc3)cc21. The molecular weight excluding hydrogens is 1100 g/mol. The molecule has 17 aromatic rings. The third-order valence-corrected chi connectivity index (χ3v) is 19.5. The van der Waals surface area contributed by atoms with E-state index in [1.54, 1.807) is 0 Å². The molecule has 0 amide bonds. The smallest absolute Gasteiger partial charge is 0.0547 e. The highest BCUT2D eigenvalue weighted by Crippen LogP contribution is 2.52. The Morgan fingerprint density at radius 1 is 0.220 bits per heavy atom. The van der Waals surface area contributed by atoms with Crippen molar-refractivity contribution in [2.45, 2.75) is 19.3 Å². The van der Waals surface area contributed by atoms with Gasteiger partial charge in [0.25, 0.3) is 0 Å². The van der Waals surface area contributed by atoms with Gasteiger partial charge in [-0.15, -0.1) is 0 Å². The molecule has 3 aromatic heterocycles. The Labute approximate surface area is 528 Å². The summed E-state index contributed by atoms with van der Waals surface area (Å²) in [6.07, 6.45) is 0. The Hall–Kier alpha value is -11.7. The fraction of sp³-hybridized carbons (Fsp3) is 0.0345. The maximum Gasteiger partial charge on any atom is 0.0547 e. The van der Waals surface area contributed by atoms with Gasteiger partial charge in [-0.05, 0) is 188 Å². The van der Waals surface area contributed by atoms with Crippen molar-refractivity contribution in [2.24, 2.45) is 0 Å². The van der Waals surface area contributed by atoms with E-state index in [2.05, 4.69) is 360 Å². The minimum Gasteiger partial charge on any atom is -0.310 e. The second-order valence-corrected chi connectivity index (χ2v) is 24.9. The molecule has 0 fully saturated rings. The van der Waals surface area contributed by atoms with Crippen molar-refractivity contribution in [1.82, 2.24) is 13.7 Å². The molecule has 4 nitrogen and oxygen atoms in total. The maximum absolute atomic E-state index is 2.45. The number of anilines is 3. The molecule has 91 heavy (non-hydrogen) atoms. The average molecular weight is 1160 g/mol. The molecule has 4 heteroatoms. The first-order valence-corrected chi connectivity index (χ1v) is 31.6. The first-order valence-electron chi connectivity index (χ1n) is 31.6. The summed E-state index contributed by atoms with van der Waals surface area (Å²) in [4.78, 5) is 2.43. The summed E-state index contributed by atoms with van der Waals surface area (Å²) in [7, 11) is 0. The lowest BCUT2D eigenvalue weighted by Crippen LogP contribution is -2.16. The van der Waals surface area contributed by atoms with Crippen molar-refractivity contribution in [3.63, 3.8) is 0 Å². The van der Waals surface area contributed by atoms with Gasteiger partial charge in [0.2, 0.25) is 0 Å². The molecule has 1 aliphatic carbocycles. The van der Waals surface area contributed by atoms with Crippen molar-refractivity contribution in [3.8, 4) is 72.7 Å². The third-order valence-electron chi connectivity index (χ3n) is 19.5. The van der Waals surface area contributed by atoms with Gasteiger partial charge in [-0.3, -0.25) is 0 Å². The minimum absolute atomic E-state index is 0.278. The summed E-state index contributed by atoms with van der Waals surface area (Å²) in [6, 6.07) is 121. The summed E-state index contributed by atoms with van der Waals surface area (Å²) in [6.45, 7) is 4.80. The lowest BCUT2D eigenvalue weighted by molar-refractivity contribution is 0.660. The van der Waals surface area contributed by atoms with Gasteiger partial charge in [-0.25, -0.2) is 0 Å². The molecule has 0 saturated carbocycles. The van der Waals surface area contributed by atoms with E-state index in [4.69, 9.17) is 0 Å². The van der Waals surface area contributed by atoms with Crippen LogP contribution in [0.25, 0.3) is 138 Å². The van der Waals surface area contributed by atoms with Crippen LogP contribution in [-0.2, 0) is 5.41 Å². The van der Waals surface area contributed by atoms with Crippen molar-refractivity contribution in [2.75, 3.05) is 4.90 Å². The molecule has 0 N–H and O–H groups in total. The van der Waals surface area contributed by atoms with Gasteiger partial charge in [0.15, 0.2) is 0 Å². The van der Waals surface area contributed by atoms with Crippen molar-refractivity contribution in [1.29, 1.82) is 0 Å². The van der Waals surface area contributed by atoms with Crippen molar-refractivity contribution in [3.05, 3.63) is 339 Å². The minimum atomic E-state index is -0.278. The zero-order valence-electron chi connectivity index (χ0n) is 50.5. The summed E-state index contributed by atoms with van der Waals surface area (Å²) in [5, 5.41) is 7.51. The van der Waals surface area contributed by atoms with Crippen LogP contribution in [0.1, 0.15) is 25.0 Å². The Morgan fingerprint density at radius 2 is 0.527 bits per heavy atom. The highest BCUT2D eigenvalue weighted by atomic mass is 15.1. The largest absolute Gasteiger partial charge is 0.310 e. The monoisotopic (exact) mass is 1160 g/mol. The molecule has 0 radical (unpaired) electrons. The van der Waals surface area contributed by atoms with E-state index in [0.29, 0.717) is 0 Å². The summed E-state index contributed by atoms with van der Waals surface area (Å²) < 4.78 is 7.18. The maximum atomic E-state index is 2.45. The van der Waals surface area contributed by atoms with Crippen LogP contribution < -0.4 is 4.90 Å². The molecule has 0 bridgehead atoms. The molecule has 0 spiro atoms. The van der Waals surface area contributed by atoms with Gasteiger partial charge >= 0.3 is 0 Å². The molecule has 18 rings (SSSR count). The molecule has 0 aliphatic heterocycles. The topological polar surface area (TPSA) is 18.0 Å². The number of nitrogens with zero attached hydrogens (tertiary/aromatic N) is 4. The van der Waals surface area contributed by atoms with Crippen LogP contribution in [0.2, 0.25) is 0 Å². The standard InChI is InChI=1S/C87H60N4/c1-87(2)79-53-62(64-40-49-77-74-25-13-16-28-82(74)91(86(77)55-64)67-22-10-5-11-23-67)38-47-71(79)72-50-46-70(56-80(72)87)88(69-44-36-60(37-45-69)61-41-51-84-78(52-61)75-26-14-17-29-83(75)89(84)65-18-6-3-7-19-65)68-42-34-58(35-43-68)57-30-32-59(33-31-57)63-39-48-76-73-24-12-15-27-81(73)90(85(76)54-63)66-20-8-4-9-21-66/h3-56H,1-2H3. The summed E-state index contributed by atoms with van der Waals surface area (Å²) in [5.74, 6) is 0. The number of benzene rings is 14. The van der Waals surface area contributed by atoms with E-state index in [0.717, 1.165) is 39.7 Å². The molecule has 0 unspecified atom stereocenters. The van der Waals surface area contributed by atoms with Crippen molar-refractivity contribution < 1.29 is 0 Å². The van der Waals surface area contributed by atoms with Crippen LogP contribution >= 0.6 is 0 Å². The van der Waals surface area contributed by atoms with Crippen LogP contribution in [0, 0.1) is 0 Å². The first kappa shape index (κ1) is 52.4. The van der Waals surface area contributed by atoms with E-state index in [-0.39, 0.29) is 5.41 Å². The fourth-order valence-electron chi connectivity index (χ4n) is 15.0. The zero-order chi connectivity index (χ0) is 60.3. The highest BCUT2D eigenvalue weighted by molar-refractivity contribution is 6.13.